The molecule has 2 amide bonds. The maximum atomic E-state index is 12.4. The summed E-state index contributed by atoms with van der Waals surface area (Å²) in [5, 5.41) is 3.73. The molecule has 0 spiro atoms. The molecule has 0 aliphatic carbocycles. The SMILES string of the molecule is Cc1cc(C(=O)N2CC(C(=O)N3CCCCCC3)C2)no1. The molecule has 3 rings (SSSR count). The number of rotatable bonds is 2. The first-order valence-corrected chi connectivity index (χ1v) is 7.66. The van der Waals surface area contributed by atoms with Gasteiger partial charge in [0.2, 0.25) is 5.91 Å². The van der Waals surface area contributed by atoms with Gasteiger partial charge >= 0.3 is 0 Å². The molecule has 0 radical (unpaired) electrons. The number of hydrogen-bond acceptors (Lipinski definition) is 4. The van der Waals surface area contributed by atoms with Gasteiger partial charge in [0.05, 0.1) is 5.92 Å². The van der Waals surface area contributed by atoms with E-state index in [1.54, 1.807) is 17.9 Å². The largest absolute Gasteiger partial charge is 0.361 e. The third-order valence-corrected chi connectivity index (χ3v) is 4.28. The van der Waals surface area contributed by atoms with Gasteiger partial charge in [-0.1, -0.05) is 18.0 Å². The first-order chi connectivity index (χ1) is 10.1. The van der Waals surface area contributed by atoms with Gasteiger partial charge in [0.1, 0.15) is 5.76 Å². The molecular weight excluding hydrogens is 270 g/mol. The average Bonchev–Trinajstić information content (AvgIpc) is 2.69. The monoisotopic (exact) mass is 291 g/mol. The van der Waals surface area contributed by atoms with Gasteiger partial charge < -0.3 is 14.3 Å². The van der Waals surface area contributed by atoms with Crippen molar-refractivity contribution in [3.05, 3.63) is 17.5 Å². The van der Waals surface area contributed by atoms with E-state index in [2.05, 4.69) is 5.16 Å². The van der Waals surface area contributed by atoms with E-state index in [1.165, 1.54) is 12.8 Å². The molecule has 2 aliphatic heterocycles. The molecule has 1 aromatic rings. The molecule has 114 valence electrons. The Bertz CT molecular complexity index is 526. The summed E-state index contributed by atoms with van der Waals surface area (Å²) < 4.78 is 4.92. The highest BCUT2D eigenvalue weighted by atomic mass is 16.5. The lowest BCUT2D eigenvalue weighted by molar-refractivity contribution is -0.139. The molecule has 3 heterocycles. The normalized spacial score (nSPS) is 20.0. The van der Waals surface area contributed by atoms with Crippen molar-refractivity contribution < 1.29 is 14.1 Å². The standard InChI is InChI=1S/C15H21N3O3/c1-11-8-13(16-21-11)15(20)18-9-12(10-18)14(19)17-6-4-2-3-5-7-17/h8,12H,2-7,9-10H2,1H3. The minimum atomic E-state index is -0.147. The second kappa shape index (κ2) is 5.87. The Labute approximate surface area is 124 Å². The van der Waals surface area contributed by atoms with Gasteiger partial charge in [0, 0.05) is 32.2 Å². The fourth-order valence-corrected chi connectivity index (χ4v) is 2.98. The van der Waals surface area contributed by atoms with Crippen LogP contribution in [0.5, 0.6) is 0 Å². The number of likely N-dealkylation sites (tertiary alicyclic amines) is 2. The van der Waals surface area contributed by atoms with E-state index < -0.39 is 0 Å². The Kier molecular flexibility index (Phi) is 3.94. The molecule has 2 saturated heterocycles. The molecule has 0 atom stereocenters. The number of aromatic nitrogens is 1. The van der Waals surface area contributed by atoms with Crippen LogP contribution in [-0.2, 0) is 4.79 Å². The summed E-state index contributed by atoms with van der Waals surface area (Å²) in [5.41, 5.74) is 0.327. The maximum Gasteiger partial charge on any atom is 0.276 e. The second-order valence-corrected chi connectivity index (χ2v) is 5.97. The van der Waals surface area contributed by atoms with Crippen LogP contribution in [-0.4, -0.2) is 52.9 Å². The van der Waals surface area contributed by atoms with Crippen molar-refractivity contribution in [1.82, 2.24) is 15.0 Å². The molecule has 21 heavy (non-hydrogen) atoms. The third-order valence-electron chi connectivity index (χ3n) is 4.28. The Balaban J connectivity index is 1.52. The van der Waals surface area contributed by atoms with Gasteiger partial charge in [-0.2, -0.15) is 0 Å². The Morgan fingerprint density at radius 2 is 1.81 bits per heavy atom. The molecule has 2 aliphatic rings. The van der Waals surface area contributed by atoms with Gasteiger partial charge in [-0.3, -0.25) is 9.59 Å². The van der Waals surface area contributed by atoms with E-state index in [9.17, 15) is 9.59 Å². The van der Waals surface area contributed by atoms with Crippen LogP contribution in [0.25, 0.3) is 0 Å². The quantitative estimate of drug-likeness (QED) is 0.827. The number of hydrogen-bond donors (Lipinski definition) is 0. The highest BCUT2D eigenvalue weighted by molar-refractivity contribution is 5.94. The summed E-state index contributed by atoms with van der Waals surface area (Å²) >= 11 is 0. The zero-order valence-corrected chi connectivity index (χ0v) is 12.4. The van der Waals surface area contributed by atoms with Crippen molar-refractivity contribution >= 4 is 11.8 Å². The van der Waals surface area contributed by atoms with Crippen molar-refractivity contribution in [2.45, 2.75) is 32.6 Å². The van der Waals surface area contributed by atoms with E-state index in [0.29, 0.717) is 24.5 Å². The number of amides is 2. The summed E-state index contributed by atoms with van der Waals surface area (Å²) in [5.74, 6) is 0.639. The molecule has 0 unspecified atom stereocenters. The molecule has 1 aromatic heterocycles. The highest BCUT2D eigenvalue weighted by Crippen LogP contribution is 2.22. The summed E-state index contributed by atoms with van der Waals surface area (Å²) in [6.45, 7) is 4.49. The molecule has 6 nitrogen and oxygen atoms in total. The van der Waals surface area contributed by atoms with Gasteiger partial charge in [0.25, 0.3) is 5.91 Å². The van der Waals surface area contributed by atoms with Crippen LogP contribution in [0, 0.1) is 12.8 Å². The minimum absolute atomic E-state index is 0.0416. The van der Waals surface area contributed by atoms with Crippen LogP contribution >= 0.6 is 0 Å². The van der Waals surface area contributed by atoms with E-state index >= 15 is 0 Å². The van der Waals surface area contributed by atoms with Gasteiger partial charge in [-0.15, -0.1) is 0 Å². The Morgan fingerprint density at radius 1 is 1.14 bits per heavy atom. The van der Waals surface area contributed by atoms with Crippen molar-refractivity contribution in [2.24, 2.45) is 5.92 Å². The lowest BCUT2D eigenvalue weighted by Crippen LogP contribution is -2.56. The number of nitrogens with zero attached hydrogens (tertiary/aromatic N) is 3. The lowest BCUT2D eigenvalue weighted by Gasteiger charge is -2.40. The lowest BCUT2D eigenvalue weighted by atomic mass is 9.97. The van der Waals surface area contributed by atoms with Crippen LogP contribution in [0.2, 0.25) is 0 Å². The van der Waals surface area contributed by atoms with Crippen LogP contribution in [0.1, 0.15) is 41.9 Å². The molecule has 6 heteroatoms. The molecule has 2 fully saturated rings. The van der Waals surface area contributed by atoms with E-state index in [-0.39, 0.29) is 17.7 Å². The van der Waals surface area contributed by atoms with Gasteiger partial charge in [0.15, 0.2) is 5.69 Å². The van der Waals surface area contributed by atoms with E-state index in [0.717, 1.165) is 25.9 Å². The Hall–Kier alpha value is -1.85. The zero-order valence-electron chi connectivity index (χ0n) is 12.4. The number of carbonyl (C=O) groups excluding carboxylic acids is 2. The minimum Gasteiger partial charge on any atom is -0.361 e. The molecular formula is C15H21N3O3. The van der Waals surface area contributed by atoms with Gasteiger partial charge in [-0.25, -0.2) is 0 Å². The van der Waals surface area contributed by atoms with Gasteiger partial charge in [-0.05, 0) is 19.8 Å². The molecule has 0 N–H and O–H groups in total. The second-order valence-electron chi connectivity index (χ2n) is 5.97. The maximum absolute atomic E-state index is 12.4. The smallest absolute Gasteiger partial charge is 0.276 e. The number of carbonyl (C=O) groups is 2. The predicted molar refractivity (Wildman–Crippen MR) is 75.7 cm³/mol. The molecule has 0 aromatic carbocycles. The van der Waals surface area contributed by atoms with Crippen molar-refractivity contribution in [3.8, 4) is 0 Å². The van der Waals surface area contributed by atoms with Crippen molar-refractivity contribution in [2.75, 3.05) is 26.2 Å². The zero-order chi connectivity index (χ0) is 14.8. The summed E-state index contributed by atoms with van der Waals surface area (Å²) in [4.78, 5) is 28.2. The van der Waals surface area contributed by atoms with Crippen molar-refractivity contribution in [1.29, 1.82) is 0 Å². The molecule has 0 bridgehead atoms. The summed E-state index contributed by atoms with van der Waals surface area (Å²) in [7, 11) is 0. The number of aryl methyl sites for hydroxylation is 1. The third kappa shape index (κ3) is 2.94. The van der Waals surface area contributed by atoms with Crippen molar-refractivity contribution in [3.63, 3.8) is 0 Å². The van der Waals surface area contributed by atoms with Crippen LogP contribution in [0.3, 0.4) is 0 Å². The summed E-state index contributed by atoms with van der Waals surface area (Å²) in [6, 6.07) is 1.63. The van der Waals surface area contributed by atoms with Crippen LogP contribution < -0.4 is 0 Å². The van der Waals surface area contributed by atoms with E-state index in [1.807, 2.05) is 4.90 Å². The fraction of sp³-hybridized carbons (Fsp3) is 0.667. The summed E-state index contributed by atoms with van der Waals surface area (Å²) in [6.07, 6.45) is 4.62. The highest BCUT2D eigenvalue weighted by Gasteiger charge is 2.38. The van der Waals surface area contributed by atoms with Crippen LogP contribution in [0.15, 0.2) is 10.6 Å². The fourth-order valence-electron chi connectivity index (χ4n) is 2.98. The first kappa shape index (κ1) is 14.1. The molecule has 0 saturated carbocycles. The average molecular weight is 291 g/mol. The Morgan fingerprint density at radius 3 is 2.38 bits per heavy atom. The van der Waals surface area contributed by atoms with E-state index in [4.69, 9.17) is 4.52 Å². The van der Waals surface area contributed by atoms with Crippen LogP contribution in [0.4, 0.5) is 0 Å². The first-order valence-electron chi connectivity index (χ1n) is 7.66. The topological polar surface area (TPSA) is 66.7 Å². The predicted octanol–water partition coefficient (Wildman–Crippen LogP) is 1.46.